The van der Waals surface area contributed by atoms with Gasteiger partial charge in [-0.15, -0.1) is 4.68 Å². The van der Waals surface area contributed by atoms with Crippen molar-refractivity contribution >= 4 is 23.1 Å². The lowest BCUT2D eigenvalue weighted by Gasteiger charge is -2.01. The maximum atomic E-state index is 12.5. The van der Waals surface area contributed by atoms with Gasteiger partial charge in [-0.2, -0.15) is 5.10 Å². The molecule has 0 radical (unpaired) electrons. The molecule has 29 heavy (non-hydrogen) atoms. The zero-order chi connectivity index (χ0) is 20.4. The van der Waals surface area contributed by atoms with Gasteiger partial charge < -0.3 is 14.1 Å². The van der Waals surface area contributed by atoms with E-state index in [0.29, 0.717) is 28.0 Å². The first-order valence-corrected chi connectivity index (χ1v) is 8.64. The van der Waals surface area contributed by atoms with Gasteiger partial charge in [0.1, 0.15) is 11.5 Å². The molecule has 0 bridgehead atoms. The third kappa shape index (κ3) is 3.51. The molecule has 2 heterocycles. The Morgan fingerprint density at radius 3 is 2.59 bits per heavy atom. The van der Waals surface area contributed by atoms with Crippen LogP contribution in [-0.2, 0) is 4.74 Å². The highest BCUT2D eigenvalue weighted by molar-refractivity contribution is 5.89. The first-order chi connectivity index (χ1) is 14.1. The molecule has 2 aromatic carbocycles. The zero-order valence-electron chi connectivity index (χ0n) is 15.3. The number of nitrogens with zero attached hydrogens (tertiary/aromatic N) is 2. The highest BCUT2D eigenvalue weighted by Crippen LogP contribution is 2.22. The molecule has 0 saturated carbocycles. The summed E-state index contributed by atoms with van der Waals surface area (Å²) in [7, 11) is 1.32. The monoisotopic (exact) mass is 389 g/mol. The second-order valence-electron chi connectivity index (χ2n) is 6.11. The summed E-state index contributed by atoms with van der Waals surface area (Å²) in [5.41, 5.74) is 0.461. The minimum absolute atomic E-state index is 0.357. The Labute approximate surface area is 163 Å². The van der Waals surface area contributed by atoms with Crippen molar-refractivity contribution in [3.05, 3.63) is 92.8 Å². The summed E-state index contributed by atoms with van der Waals surface area (Å²) in [5, 5.41) is 4.32. The minimum Gasteiger partial charge on any atom is -0.465 e. The largest absolute Gasteiger partial charge is 0.465 e. The lowest BCUT2D eigenvalue weighted by molar-refractivity contribution is 0.0600. The van der Waals surface area contributed by atoms with Crippen molar-refractivity contribution in [2.24, 2.45) is 5.10 Å². The van der Waals surface area contributed by atoms with E-state index >= 15 is 0 Å². The van der Waals surface area contributed by atoms with Crippen molar-refractivity contribution in [1.82, 2.24) is 9.66 Å². The molecule has 0 amide bonds. The highest BCUT2D eigenvalue weighted by atomic mass is 16.5. The van der Waals surface area contributed by atoms with E-state index in [1.807, 2.05) is 0 Å². The lowest BCUT2D eigenvalue weighted by Crippen LogP contribution is -2.32. The van der Waals surface area contributed by atoms with Crippen molar-refractivity contribution in [2.75, 3.05) is 7.11 Å². The highest BCUT2D eigenvalue weighted by Gasteiger charge is 2.09. The number of furan rings is 1. The number of hydrogen-bond donors (Lipinski definition) is 1. The Morgan fingerprint density at radius 1 is 1.07 bits per heavy atom. The molecule has 8 nitrogen and oxygen atoms in total. The van der Waals surface area contributed by atoms with Gasteiger partial charge >= 0.3 is 11.7 Å². The van der Waals surface area contributed by atoms with Gasteiger partial charge in [0.2, 0.25) is 0 Å². The summed E-state index contributed by atoms with van der Waals surface area (Å²) in [6.45, 7) is 0. The molecule has 0 unspecified atom stereocenters. The number of nitrogens with one attached hydrogen (secondary N) is 1. The lowest BCUT2D eigenvalue weighted by atomic mass is 10.1. The second-order valence-corrected chi connectivity index (χ2v) is 6.11. The van der Waals surface area contributed by atoms with Crippen molar-refractivity contribution < 1.29 is 13.9 Å². The number of aromatic nitrogens is 2. The number of para-hydroxylation sites is 1. The van der Waals surface area contributed by atoms with Crippen LogP contribution in [0.25, 0.3) is 22.2 Å². The normalized spacial score (nSPS) is 11.2. The topological polar surface area (TPSA) is 107 Å². The molecule has 0 atom stereocenters. The molecule has 0 saturated heterocycles. The van der Waals surface area contributed by atoms with Crippen molar-refractivity contribution in [3.8, 4) is 11.3 Å². The Bertz CT molecular complexity index is 1340. The predicted octanol–water partition coefficient (Wildman–Crippen LogP) is 2.62. The van der Waals surface area contributed by atoms with Gasteiger partial charge in [0.05, 0.1) is 29.8 Å². The SMILES string of the molecule is COC(=O)c1ccc(-c2ccc(C=Nn3c(=O)[nH]c4ccccc4c3=O)o2)cc1. The summed E-state index contributed by atoms with van der Waals surface area (Å²) in [6, 6.07) is 16.8. The van der Waals surface area contributed by atoms with Crippen LogP contribution in [0.2, 0.25) is 0 Å². The minimum atomic E-state index is -0.643. The fourth-order valence-corrected chi connectivity index (χ4v) is 2.84. The van der Waals surface area contributed by atoms with E-state index in [2.05, 4.69) is 14.8 Å². The number of carbonyl (C=O) groups excluding carboxylic acids is 1. The molecule has 0 spiro atoms. The van der Waals surface area contributed by atoms with Crippen LogP contribution in [0.1, 0.15) is 16.1 Å². The number of aromatic amines is 1. The van der Waals surface area contributed by atoms with E-state index in [9.17, 15) is 14.4 Å². The predicted molar refractivity (Wildman–Crippen MR) is 107 cm³/mol. The first-order valence-electron chi connectivity index (χ1n) is 8.64. The standard InChI is InChI=1S/C21H15N3O5/c1-28-20(26)14-8-6-13(7-9-14)18-11-10-15(29-18)12-22-24-19(25)16-4-2-3-5-17(16)23-21(24)27/h2-12H,1H3,(H,23,27). The molecule has 2 aromatic heterocycles. The quantitative estimate of drug-likeness (QED) is 0.427. The number of carbonyl (C=O) groups is 1. The second kappa shape index (κ2) is 7.43. The first kappa shape index (κ1) is 18.2. The van der Waals surface area contributed by atoms with Crippen LogP contribution in [0.3, 0.4) is 0 Å². The summed E-state index contributed by atoms with van der Waals surface area (Å²) in [4.78, 5) is 38.7. The van der Waals surface area contributed by atoms with Gasteiger partial charge in [0, 0.05) is 5.56 Å². The van der Waals surface area contributed by atoms with Crippen molar-refractivity contribution in [1.29, 1.82) is 0 Å². The fraction of sp³-hybridized carbons (Fsp3) is 0.0476. The number of H-pyrrole nitrogens is 1. The number of esters is 1. The van der Waals surface area contributed by atoms with Gasteiger partial charge in [0.25, 0.3) is 5.56 Å². The van der Waals surface area contributed by atoms with E-state index in [0.717, 1.165) is 10.2 Å². The van der Waals surface area contributed by atoms with Gasteiger partial charge in [0.15, 0.2) is 0 Å². The zero-order valence-corrected chi connectivity index (χ0v) is 15.3. The molecule has 0 fully saturated rings. The van der Waals surface area contributed by atoms with Gasteiger partial charge in [-0.1, -0.05) is 24.3 Å². The van der Waals surface area contributed by atoms with E-state index in [1.54, 1.807) is 60.7 Å². The summed E-state index contributed by atoms with van der Waals surface area (Å²) in [6.07, 6.45) is 1.29. The average molecular weight is 389 g/mol. The number of ether oxygens (including phenoxy) is 1. The molecule has 8 heteroatoms. The van der Waals surface area contributed by atoms with Gasteiger partial charge in [-0.25, -0.2) is 9.59 Å². The molecule has 0 aliphatic rings. The molecular weight excluding hydrogens is 374 g/mol. The Balaban J connectivity index is 1.62. The van der Waals surface area contributed by atoms with Crippen molar-refractivity contribution in [3.63, 3.8) is 0 Å². The van der Waals surface area contributed by atoms with Crippen LogP contribution in [0.4, 0.5) is 0 Å². The van der Waals surface area contributed by atoms with E-state index in [1.165, 1.54) is 13.3 Å². The van der Waals surface area contributed by atoms with Gasteiger partial charge in [-0.3, -0.25) is 4.79 Å². The molecular formula is C21H15N3O5. The van der Waals surface area contributed by atoms with Gasteiger partial charge in [-0.05, 0) is 36.4 Å². The molecule has 144 valence electrons. The summed E-state index contributed by atoms with van der Waals surface area (Å²) >= 11 is 0. The summed E-state index contributed by atoms with van der Waals surface area (Å²) < 4.78 is 11.1. The van der Waals surface area contributed by atoms with E-state index in [4.69, 9.17) is 4.42 Å². The molecule has 0 aliphatic heterocycles. The number of hydrogen-bond acceptors (Lipinski definition) is 6. The van der Waals surface area contributed by atoms with Crippen LogP contribution in [0.5, 0.6) is 0 Å². The van der Waals surface area contributed by atoms with Crippen LogP contribution in [0, 0.1) is 0 Å². The Morgan fingerprint density at radius 2 is 1.83 bits per heavy atom. The van der Waals surface area contributed by atoms with Crippen LogP contribution >= 0.6 is 0 Å². The molecule has 4 rings (SSSR count). The Kier molecular flexibility index (Phi) is 4.66. The maximum absolute atomic E-state index is 12.5. The number of methoxy groups -OCH3 is 1. The van der Waals surface area contributed by atoms with Crippen LogP contribution in [-0.4, -0.2) is 29.0 Å². The van der Waals surface area contributed by atoms with E-state index in [-0.39, 0.29) is 0 Å². The smallest absolute Gasteiger partial charge is 0.349 e. The summed E-state index contributed by atoms with van der Waals surface area (Å²) in [5.74, 6) is 0.481. The molecule has 1 N–H and O–H groups in total. The van der Waals surface area contributed by atoms with E-state index < -0.39 is 17.2 Å². The number of fused-ring (bicyclic) bond motifs is 1. The third-order valence-corrected chi connectivity index (χ3v) is 4.30. The average Bonchev–Trinajstić information content (AvgIpc) is 3.22. The number of benzene rings is 2. The van der Waals surface area contributed by atoms with Crippen LogP contribution in [0.15, 0.2) is 79.8 Å². The number of rotatable bonds is 4. The third-order valence-electron chi connectivity index (χ3n) is 4.30. The Hall–Kier alpha value is -4.20. The molecule has 4 aromatic rings. The molecule has 0 aliphatic carbocycles. The van der Waals surface area contributed by atoms with Crippen molar-refractivity contribution in [2.45, 2.75) is 0 Å². The van der Waals surface area contributed by atoms with Crippen LogP contribution < -0.4 is 11.2 Å². The fourth-order valence-electron chi connectivity index (χ4n) is 2.84. The maximum Gasteiger partial charge on any atom is 0.349 e.